The highest BCUT2D eigenvalue weighted by molar-refractivity contribution is 5.70. The van der Waals surface area contributed by atoms with E-state index < -0.39 is 6.10 Å². The molecule has 348 valence electrons. The summed E-state index contributed by atoms with van der Waals surface area (Å²) >= 11 is 0. The van der Waals surface area contributed by atoms with Crippen LogP contribution in [-0.2, 0) is 23.8 Å². The highest BCUT2D eigenvalue weighted by Gasteiger charge is 2.17. The van der Waals surface area contributed by atoms with E-state index in [1.54, 1.807) is 0 Å². The van der Waals surface area contributed by atoms with Gasteiger partial charge in [-0.1, -0.05) is 210 Å². The lowest BCUT2D eigenvalue weighted by molar-refractivity contribution is -0.163. The number of hydrogen-bond acceptors (Lipinski definition) is 5. The van der Waals surface area contributed by atoms with Gasteiger partial charge in [-0.05, 0) is 89.9 Å². The van der Waals surface area contributed by atoms with Crippen molar-refractivity contribution in [3.05, 3.63) is 60.8 Å². The quantitative estimate of drug-likeness (QED) is 0.0347. The molecule has 0 amide bonds. The molecule has 0 aromatic rings. The predicted octanol–water partition coefficient (Wildman–Crippen LogP) is 17.3. The molecular weight excluding hydrogens is 741 g/mol. The summed E-state index contributed by atoms with van der Waals surface area (Å²) in [7, 11) is 0. The van der Waals surface area contributed by atoms with Gasteiger partial charge in [-0.25, -0.2) is 0 Å². The summed E-state index contributed by atoms with van der Waals surface area (Å²) in [6, 6.07) is 0. The highest BCUT2D eigenvalue weighted by atomic mass is 16.6. The average Bonchev–Trinajstić information content (AvgIpc) is 3.25. The molecule has 0 aliphatic carbocycles. The van der Waals surface area contributed by atoms with Crippen LogP contribution in [0.1, 0.15) is 252 Å². The number of hydrogen-bond donors (Lipinski definition) is 0. The fourth-order valence-corrected chi connectivity index (χ4v) is 7.13. The molecule has 0 aliphatic rings. The second-order valence-corrected chi connectivity index (χ2v) is 17.1. The minimum absolute atomic E-state index is 0.0758. The normalized spacial score (nSPS) is 12.7. The van der Waals surface area contributed by atoms with E-state index in [1.807, 2.05) is 0 Å². The minimum atomic E-state index is -0.543. The van der Waals surface area contributed by atoms with E-state index in [4.69, 9.17) is 14.2 Å². The monoisotopic (exact) mass is 839 g/mol. The molecule has 0 aromatic carbocycles. The Morgan fingerprint density at radius 1 is 0.367 bits per heavy atom. The zero-order valence-corrected chi connectivity index (χ0v) is 40.0. The van der Waals surface area contributed by atoms with Gasteiger partial charge in [-0.3, -0.25) is 9.59 Å². The molecular formula is C55H98O5. The molecule has 1 unspecified atom stereocenters. The van der Waals surface area contributed by atoms with Gasteiger partial charge < -0.3 is 14.2 Å². The first-order valence-electron chi connectivity index (χ1n) is 25.8. The van der Waals surface area contributed by atoms with Crippen LogP contribution in [0.5, 0.6) is 0 Å². The van der Waals surface area contributed by atoms with Gasteiger partial charge in [0.1, 0.15) is 6.61 Å². The average molecular weight is 839 g/mol. The maximum absolute atomic E-state index is 12.8. The lowest BCUT2D eigenvalue weighted by Gasteiger charge is -2.18. The molecule has 0 saturated heterocycles. The van der Waals surface area contributed by atoms with Gasteiger partial charge in [0, 0.05) is 19.4 Å². The van der Waals surface area contributed by atoms with E-state index in [9.17, 15) is 9.59 Å². The number of unbranched alkanes of at least 4 members (excludes halogenated alkanes) is 26. The molecule has 0 rings (SSSR count). The van der Waals surface area contributed by atoms with Crippen molar-refractivity contribution in [1.82, 2.24) is 0 Å². The molecule has 0 aromatic heterocycles. The Bertz CT molecular complexity index is 1040. The number of carbonyl (C=O) groups is 2. The molecule has 0 fully saturated rings. The smallest absolute Gasteiger partial charge is 0.306 e. The third kappa shape index (κ3) is 48.3. The second-order valence-electron chi connectivity index (χ2n) is 17.1. The molecule has 0 saturated carbocycles. The Labute approximate surface area is 373 Å². The van der Waals surface area contributed by atoms with E-state index in [0.717, 1.165) is 77.0 Å². The Hall–Kier alpha value is -2.40. The van der Waals surface area contributed by atoms with E-state index in [2.05, 4.69) is 81.5 Å². The lowest BCUT2D eigenvalue weighted by Crippen LogP contribution is -2.30. The fraction of sp³-hybridized carbons (Fsp3) is 0.782. The van der Waals surface area contributed by atoms with Crippen molar-refractivity contribution in [2.75, 3.05) is 19.8 Å². The van der Waals surface area contributed by atoms with Gasteiger partial charge in [0.25, 0.3) is 0 Å². The van der Waals surface area contributed by atoms with Crippen molar-refractivity contribution in [3.8, 4) is 0 Å². The summed E-state index contributed by atoms with van der Waals surface area (Å²) < 4.78 is 17.3. The van der Waals surface area contributed by atoms with Crippen LogP contribution < -0.4 is 0 Å². The topological polar surface area (TPSA) is 61.8 Å². The molecule has 60 heavy (non-hydrogen) atoms. The van der Waals surface area contributed by atoms with Gasteiger partial charge in [0.2, 0.25) is 0 Å². The molecule has 5 heteroatoms. The zero-order valence-electron chi connectivity index (χ0n) is 40.0. The summed E-state index contributed by atoms with van der Waals surface area (Å²) in [4.78, 5) is 25.3. The van der Waals surface area contributed by atoms with E-state index >= 15 is 0 Å². The van der Waals surface area contributed by atoms with Crippen molar-refractivity contribution in [2.45, 2.75) is 258 Å². The highest BCUT2D eigenvalue weighted by Crippen LogP contribution is 2.14. The van der Waals surface area contributed by atoms with Gasteiger partial charge in [-0.2, -0.15) is 0 Å². The van der Waals surface area contributed by atoms with Gasteiger partial charge in [0.15, 0.2) is 6.10 Å². The van der Waals surface area contributed by atoms with Crippen LogP contribution >= 0.6 is 0 Å². The second kappa shape index (κ2) is 51.0. The molecule has 0 aliphatic heterocycles. The molecule has 0 N–H and O–H groups in total. The first-order valence-corrected chi connectivity index (χ1v) is 25.8. The summed E-state index contributed by atoms with van der Waals surface area (Å²) in [5.41, 5.74) is 0. The maximum atomic E-state index is 12.8. The largest absolute Gasteiger partial charge is 0.462 e. The van der Waals surface area contributed by atoms with Crippen molar-refractivity contribution in [3.63, 3.8) is 0 Å². The summed E-state index contributed by atoms with van der Waals surface area (Å²) in [5.74, 6) is -0.416. The van der Waals surface area contributed by atoms with Crippen LogP contribution in [0, 0.1) is 0 Å². The van der Waals surface area contributed by atoms with Crippen LogP contribution in [0.2, 0.25) is 0 Å². The van der Waals surface area contributed by atoms with Gasteiger partial charge in [-0.15, -0.1) is 0 Å². The van der Waals surface area contributed by atoms with Gasteiger partial charge >= 0.3 is 11.9 Å². The molecule has 0 heterocycles. The van der Waals surface area contributed by atoms with E-state index in [1.165, 1.54) is 141 Å². The standard InChI is InChI=1S/C55H98O5/c1-4-7-10-13-16-19-21-23-25-27-28-30-31-33-35-37-39-42-45-48-54(56)59-52-53(51-58-50-47-44-41-18-15-12-9-6-3)60-55(57)49-46-43-40-38-36-34-32-29-26-24-22-20-17-14-11-8-5-2/h16-17,19-20,23-26,28,30,53H,4-15,18,21-22,27,29,31-52H2,1-3H3/b19-16-,20-17-,25-23-,26-24-,30-28-. The molecule has 5 nitrogen and oxygen atoms in total. The van der Waals surface area contributed by atoms with Crippen molar-refractivity contribution in [1.29, 1.82) is 0 Å². The summed E-state index contributed by atoms with van der Waals surface area (Å²) in [5, 5.41) is 0. The van der Waals surface area contributed by atoms with Gasteiger partial charge in [0.05, 0.1) is 6.61 Å². The Kier molecular flexibility index (Phi) is 48.9. The third-order valence-electron chi connectivity index (χ3n) is 11.0. The Balaban J connectivity index is 4.19. The number of rotatable bonds is 47. The first-order chi connectivity index (χ1) is 29.6. The molecule has 0 spiro atoms. The minimum Gasteiger partial charge on any atom is -0.462 e. The van der Waals surface area contributed by atoms with Crippen LogP contribution in [0.15, 0.2) is 60.8 Å². The van der Waals surface area contributed by atoms with E-state index in [-0.39, 0.29) is 25.2 Å². The first kappa shape index (κ1) is 57.6. The number of carbonyl (C=O) groups excluding carboxylic acids is 2. The maximum Gasteiger partial charge on any atom is 0.306 e. The van der Waals surface area contributed by atoms with Crippen LogP contribution in [0.3, 0.4) is 0 Å². The predicted molar refractivity (Wildman–Crippen MR) is 261 cm³/mol. The zero-order chi connectivity index (χ0) is 43.5. The molecule has 0 radical (unpaired) electrons. The third-order valence-corrected chi connectivity index (χ3v) is 11.0. The van der Waals surface area contributed by atoms with Crippen molar-refractivity contribution in [2.24, 2.45) is 0 Å². The van der Waals surface area contributed by atoms with Crippen molar-refractivity contribution >= 4 is 11.9 Å². The van der Waals surface area contributed by atoms with Crippen LogP contribution in [0.25, 0.3) is 0 Å². The molecule has 1 atom stereocenters. The summed E-state index contributed by atoms with van der Waals surface area (Å²) in [6.07, 6.45) is 63.7. The van der Waals surface area contributed by atoms with Crippen LogP contribution in [0.4, 0.5) is 0 Å². The Morgan fingerprint density at radius 2 is 0.700 bits per heavy atom. The Morgan fingerprint density at radius 3 is 1.15 bits per heavy atom. The lowest BCUT2D eigenvalue weighted by atomic mass is 10.1. The van der Waals surface area contributed by atoms with Crippen LogP contribution in [-0.4, -0.2) is 37.9 Å². The fourth-order valence-electron chi connectivity index (χ4n) is 7.13. The summed E-state index contributed by atoms with van der Waals surface area (Å²) in [6.45, 7) is 7.76. The van der Waals surface area contributed by atoms with E-state index in [0.29, 0.717) is 19.4 Å². The number of esters is 2. The SMILES string of the molecule is CCCCC/C=C\C/C=C\C/C=C\CCCCCCCCC(=O)OCC(COCCCCCCCCCC)OC(=O)CCCCCCCCC/C=C\C/C=C\CCCCC. The van der Waals surface area contributed by atoms with Crippen molar-refractivity contribution < 1.29 is 23.8 Å². The number of allylic oxidation sites excluding steroid dienone is 10. The number of ether oxygens (including phenoxy) is 3. The molecule has 0 bridgehead atoms.